The highest BCUT2D eigenvalue weighted by molar-refractivity contribution is 4.83. The standard InChI is InChI=1S/C17H34N2/c1-13-9-14(2)11-17(10-13)19-15(3)12-16-7-5-4-6-8-18-16/h13-19H,4-12H2,1-3H3. The van der Waals surface area contributed by atoms with Crippen LogP contribution in [0.25, 0.3) is 0 Å². The molecule has 19 heavy (non-hydrogen) atoms. The molecule has 112 valence electrons. The molecule has 4 unspecified atom stereocenters. The first-order valence-corrected chi connectivity index (χ1v) is 8.63. The predicted molar refractivity (Wildman–Crippen MR) is 83.4 cm³/mol. The average molecular weight is 266 g/mol. The Morgan fingerprint density at radius 3 is 2.53 bits per heavy atom. The molecular formula is C17H34N2. The van der Waals surface area contributed by atoms with E-state index in [2.05, 4.69) is 31.4 Å². The van der Waals surface area contributed by atoms with E-state index in [0.717, 1.165) is 23.9 Å². The predicted octanol–water partition coefficient (Wildman–Crippen LogP) is 3.71. The fraction of sp³-hybridized carbons (Fsp3) is 1.00. The van der Waals surface area contributed by atoms with Gasteiger partial charge in [-0.3, -0.25) is 0 Å². The summed E-state index contributed by atoms with van der Waals surface area (Å²) in [6, 6.07) is 2.18. The first-order chi connectivity index (χ1) is 9.13. The first kappa shape index (κ1) is 15.3. The molecule has 1 aliphatic carbocycles. The van der Waals surface area contributed by atoms with Gasteiger partial charge in [0.15, 0.2) is 0 Å². The van der Waals surface area contributed by atoms with Gasteiger partial charge in [-0.1, -0.05) is 26.7 Å². The molecular weight excluding hydrogens is 232 g/mol. The highest BCUT2D eigenvalue weighted by Gasteiger charge is 2.25. The molecule has 0 bridgehead atoms. The van der Waals surface area contributed by atoms with Crippen LogP contribution in [0.5, 0.6) is 0 Å². The van der Waals surface area contributed by atoms with E-state index >= 15 is 0 Å². The molecule has 2 aliphatic rings. The van der Waals surface area contributed by atoms with Gasteiger partial charge in [-0.2, -0.15) is 0 Å². The minimum absolute atomic E-state index is 0.665. The molecule has 0 spiro atoms. The van der Waals surface area contributed by atoms with Crippen molar-refractivity contribution in [2.24, 2.45) is 11.8 Å². The molecule has 2 rings (SSSR count). The molecule has 1 saturated carbocycles. The quantitative estimate of drug-likeness (QED) is 0.810. The normalized spacial score (nSPS) is 38.7. The van der Waals surface area contributed by atoms with Crippen molar-refractivity contribution in [1.29, 1.82) is 0 Å². The zero-order chi connectivity index (χ0) is 13.7. The molecule has 1 saturated heterocycles. The third kappa shape index (κ3) is 5.43. The third-order valence-electron chi connectivity index (χ3n) is 5.00. The van der Waals surface area contributed by atoms with Crippen molar-refractivity contribution >= 4 is 0 Å². The maximum Gasteiger partial charge on any atom is 0.00817 e. The molecule has 2 heteroatoms. The van der Waals surface area contributed by atoms with Gasteiger partial charge in [0.25, 0.3) is 0 Å². The number of hydrogen-bond donors (Lipinski definition) is 2. The minimum atomic E-state index is 0.665. The van der Waals surface area contributed by atoms with Crippen LogP contribution in [-0.2, 0) is 0 Å². The van der Waals surface area contributed by atoms with Crippen molar-refractivity contribution in [1.82, 2.24) is 10.6 Å². The van der Waals surface area contributed by atoms with Gasteiger partial charge in [0.1, 0.15) is 0 Å². The van der Waals surface area contributed by atoms with Crippen LogP contribution in [0, 0.1) is 11.8 Å². The second-order valence-corrected chi connectivity index (χ2v) is 7.42. The Morgan fingerprint density at radius 1 is 1.05 bits per heavy atom. The van der Waals surface area contributed by atoms with Gasteiger partial charge in [0.2, 0.25) is 0 Å². The number of rotatable bonds is 4. The minimum Gasteiger partial charge on any atom is -0.314 e. The van der Waals surface area contributed by atoms with E-state index in [1.807, 2.05) is 0 Å². The van der Waals surface area contributed by atoms with Gasteiger partial charge in [-0.05, 0) is 63.8 Å². The first-order valence-electron chi connectivity index (χ1n) is 8.63. The fourth-order valence-electron chi connectivity index (χ4n) is 4.28. The second kappa shape index (κ2) is 7.64. The van der Waals surface area contributed by atoms with Crippen LogP contribution in [0.2, 0.25) is 0 Å². The zero-order valence-electron chi connectivity index (χ0n) is 13.3. The van der Waals surface area contributed by atoms with Crippen LogP contribution in [0.15, 0.2) is 0 Å². The fourth-order valence-corrected chi connectivity index (χ4v) is 4.28. The van der Waals surface area contributed by atoms with Gasteiger partial charge in [0, 0.05) is 18.1 Å². The molecule has 1 heterocycles. The van der Waals surface area contributed by atoms with Crippen LogP contribution < -0.4 is 10.6 Å². The van der Waals surface area contributed by atoms with Gasteiger partial charge < -0.3 is 10.6 Å². The maximum absolute atomic E-state index is 3.91. The van der Waals surface area contributed by atoms with Crippen molar-refractivity contribution in [3.63, 3.8) is 0 Å². The van der Waals surface area contributed by atoms with E-state index in [9.17, 15) is 0 Å². The molecule has 4 atom stereocenters. The summed E-state index contributed by atoms with van der Waals surface area (Å²) in [5.41, 5.74) is 0. The van der Waals surface area contributed by atoms with Crippen molar-refractivity contribution in [3.05, 3.63) is 0 Å². The van der Waals surface area contributed by atoms with E-state index < -0.39 is 0 Å². The van der Waals surface area contributed by atoms with Gasteiger partial charge in [-0.25, -0.2) is 0 Å². The highest BCUT2D eigenvalue weighted by atomic mass is 15.0. The van der Waals surface area contributed by atoms with Gasteiger partial charge in [-0.15, -0.1) is 0 Å². The summed E-state index contributed by atoms with van der Waals surface area (Å²) in [5, 5.41) is 7.63. The Labute approximate surface area is 120 Å². The summed E-state index contributed by atoms with van der Waals surface area (Å²) in [4.78, 5) is 0. The smallest absolute Gasteiger partial charge is 0.00817 e. The van der Waals surface area contributed by atoms with E-state index in [-0.39, 0.29) is 0 Å². The SMILES string of the molecule is CC1CC(C)CC(NC(C)CC2CCCCCN2)C1. The van der Waals surface area contributed by atoms with Crippen molar-refractivity contribution < 1.29 is 0 Å². The second-order valence-electron chi connectivity index (χ2n) is 7.42. The lowest BCUT2D eigenvalue weighted by molar-refractivity contribution is 0.221. The summed E-state index contributed by atoms with van der Waals surface area (Å²) >= 11 is 0. The Hall–Kier alpha value is -0.0800. The summed E-state index contributed by atoms with van der Waals surface area (Å²) < 4.78 is 0. The molecule has 1 aliphatic heterocycles. The van der Waals surface area contributed by atoms with E-state index in [1.54, 1.807) is 0 Å². The largest absolute Gasteiger partial charge is 0.314 e. The molecule has 2 fully saturated rings. The molecule has 0 aromatic carbocycles. The monoisotopic (exact) mass is 266 g/mol. The molecule has 0 amide bonds. The Kier molecular flexibility index (Phi) is 6.15. The zero-order valence-corrected chi connectivity index (χ0v) is 13.3. The lowest BCUT2D eigenvalue weighted by atomic mass is 9.80. The van der Waals surface area contributed by atoms with Crippen LogP contribution in [-0.4, -0.2) is 24.7 Å². The topological polar surface area (TPSA) is 24.1 Å². The lowest BCUT2D eigenvalue weighted by Gasteiger charge is -2.34. The Balaban J connectivity index is 1.72. The van der Waals surface area contributed by atoms with Gasteiger partial charge in [0.05, 0.1) is 0 Å². The summed E-state index contributed by atoms with van der Waals surface area (Å²) in [5.74, 6) is 1.81. The molecule has 0 aromatic rings. The van der Waals surface area contributed by atoms with Gasteiger partial charge >= 0.3 is 0 Å². The van der Waals surface area contributed by atoms with Crippen LogP contribution in [0.1, 0.15) is 72.1 Å². The van der Waals surface area contributed by atoms with E-state index in [0.29, 0.717) is 6.04 Å². The van der Waals surface area contributed by atoms with Crippen molar-refractivity contribution in [2.45, 2.75) is 90.3 Å². The summed E-state index contributed by atoms with van der Waals surface area (Å²) in [6.45, 7) is 8.45. The third-order valence-corrected chi connectivity index (χ3v) is 5.00. The number of hydrogen-bond acceptors (Lipinski definition) is 2. The molecule has 2 N–H and O–H groups in total. The maximum atomic E-state index is 3.91. The van der Waals surface area contributed by atoms with E-state index in [4.69, 9.17) is 0 Å². The highest BCUT2D eigenvalue weighted by Crippen LogP contribution is 2.29. The van der Waals surface area contributed by atoms with Crippen LogP contribution in [0.3, 0.4) is 0 Å². The average Bonchev–Trinajstić information content (AvgIpc) is 2.55. The summed E-state index contributed by atoms with van der Waals surface area (Å²) in [6.07, 6.45) is 11.1. The Morgan fingerprint density at radius 2 is 1.79 bits per heavy atom. The molecule has 0 radical (unpaired) electrons. The van der Waals surface area contributed by atoms with Crippen molar-refractivity contribution in [2.75, 3.05) is 6.54 Å². The van der Waals surface area contributed by atoms with Crippen LogP contribution >= 0.6 is 0 Å². The van der Waals surface area contributed by atoms with Crippen LogP contribution in [0.4, 0.5) is 0 Å². The lowest BCUT2D eigenvalue weighted by Crippen LogP contribution is -2.44. The summed E-state index contributed by atoms with van der Waals surface area (Å²) in [7, 11) is 0. The molecule has 2 nitrogen and oxygen atoms in total. The van der Waals surface area contributed by atoms with Crippen molar-refractivity contribution in [3.8, 4) is 0 Å². The molecule has 0 aromatic heterocycles. The van der Waals surface area contributed by atoms with E-state index in [1.165, 1.54) is 57.9 Å². The Bertz CT molecular complexity index is 236. The number of nitrogens with one attached hydrogen (secondary N) is 2.